The van der Waals surface area contributed by atoms with E-state index < -0.39 is 10.0 Å². The molecule has 0 aromatic heterocycles. The first-order chi connectivity index (χ1) is 9.92. The summed E-state index contributed by atoms with van der Waals surface area (Å²) >= 11 is 3.26. The van der Waals surface area contributed by atoms with Crippen LogP contribution >= 0.6 is 15.9 Å². The number of benzene rings is 2. The summed E-state index contributed by atoms with van der Waals surface area (Å²) in [7, 11) is -3.67. The van der Waals surface area contributed by atoms with Gasteiger partial charge in [0.05, 0.1) is 22.9 Å². The van der Waals surface area contributed by atoms with Crippen LogP contribution in [0.5, 0.6) is 5.75 Å². The van der Waals surface area contributed by atoms with Gasteiger partial charge < -0.3 is 10.5 Å². The van der Waals surface area contributed by atoms with Crippen LogP contribution in [0, 0.1) is 0 Å². The van der Waals surface area contributed by atoms with Gasteiger partial charge in [0, 0.05) is 10.5 Å². The van der Waals surface area contributed by atoms with Gasteiger partial charge in [-0.1, -0.05) is 15.9 Å². The van der Waals surface area contributed by atoms with Crippen molar-refractivity contribution >= 4 is 37.3 Å². The van der Waals surface area contributed by atoms with Crippen molar-refractivity contribution in [2.45, 2.75) is 11.8 Å². The second-order valence-electron chi connectivity index (χ2n) is 4.24. The molecule has 7 heteroatoms. The zero-order valence-corrected chi connectivity index (χ0v) is 13.7. The second-order valence-corrected chi connectivity index (χ2v) is 6.84. The molecule has 0 amide bonds. The fourth-order valence-corrected chi connectivity index (χ4v) is 3.06. The maximum Gasteiger partial charge on any atom is 0.261 e. The molecule has 112 valence electrons. The molecule has 3 N–H and O–H groups in total. The van der Waals surface area contributed by atoms with Crippen LogP contribution in [0.4, 0.5) is 11.4 Å². The minimum Gasteiger partial charge on any atom is -0.494 e. The maximum atomic E-state index is 12.3. The van der Waals surface area contributed by atoms with Gasteiger partial charge in [0.1, 0.15) is 5.75 Å². The zero-order chi connectivity index (χ0) is 15.5. The SMILES string of the molecule is CCOc1ccc(NS(=O)(=O)c2ccc(Br)cc2)c(N)c1. The third-order valence-electron chi connectivity index (χ3n) is 2.70. The number of hydrogen-bond acceptors (Lipinski definition) is 4. The maximum absolute atomic E-state index is 12.3. The Labute approximate surface area is 132 Å². The molecule has 2 aromatic rings. The molecule has 0 unspecified atom stereocenters. The molecule has 0 aliphatic carbocycles. The molecule has 2 aromatic carbocycles. The van der Waals surface area contributed by atoms with E-state index in [2.05, 4.69) is 20.7 Å². The van der Waals surface area contributed by atoms with Crippen molar-refractivity contribution < 1.29 is 13.2 Å². The lowest BCUT2D eigenvalue weighted by atomic mass is 10.2. The van der Waals surface area contributed by atoms with Gasteiger partial charge in [-0.15, -0.1) is 0 Å². The minimum atomic E-state index is -3.67. The Hall–Kier alpha value is -1.73. The van der Waals surface area contributed by atoms with Crippen molar-refractivity contribution in [1.29, 1.82) is 0 Å². The Kier molecular flexibility index (Phi) is 4.74. The van der Waals surface area contributed by atoms with Gasteiger partial charge in [0.25, 0.3) is 10.0 Å². The average molecular weight is 371 g/mol. The lowest BCUT2D eigenvalue weighted by Gasteiger charge is -2.12. The molecule has 2 rings (SSSR count). The normalized spacial score (nSPS) is 11.1. The number of sulfonamides is 1. The summed E-state index contributed by atoms with van der Waals surface area (Å²) in [5, 5.41) is 0. The number of hydrogen-bond donors (Lipinski definition) is 2. The summed E-state index contributed by atoms with van der Waals surface area (Å²) in [5.41, 5.74) is 6.47. The Balaban J connectivity index is 2.26. The number of nitrogen functional groups attached to an aromatic ring is 1. The van der Waals surface area contributed by atoms with Crippen molar-refractivity contribution in [3.8, 4) is 5.75 Å². The van der Waals surface area contributed by atoms with Gasteiger partial charge in [-0.25, -0.2) is 8.42 Å². The quantitative estimate of drug-likeness (QED) is 0.791. The van der Waals surface area contributed by atoms with E-state index in [-0.39, 0.29) is 4.90 Å². The summed E-state index contributed by atoms with van der Waals surface area (Å²) in [6.45, 7) is 2.38. The standard InChI is InChI=1S/C14H15BrN2O3S/c1-2-20-11-5-8-14(13(16)9-11)17-21(18,19)12-6-3-10(15)4-7-12/h3-9,17H,2,16H2,1H3. The van der Waals surface area contributed by atoms with Gasteiger partial charge in [-0.3, -0.25) is 4.72 Å². The van der Waals surface area contributed by atoms with E-state index in [1.54, 1.807) is 30.3 Å². The van der Waals surface area contributed by atoms with Crippen molar-refractivity contribution in [1.82, 2.24) is 0 Å². The highest BCUT2D eigenvalue weighted by Crippen LogP contribution is 2.27. The fraction of sp³-hybridized carbons (Fsp3) is 0.143. The predicted molar refractivity (Wildman–Crippen MR) is 87.0 cm³/mol. The predicted octanol–water partition coefficient (Wildman–Crippen LogP) is 3.23. The molecule has 0 fully saturated rings. The first kappa shape index (κ1) is 15.7. The average Bonchev–Trinajstić information content (AvgIpc) is 2.42. The van der Waals surface area contributed by atoms with Crippen LogP contribution in [-0.2, 0) is 10.0 Å². The van der Waals surface area contributed by atoms with Crippen LogP contribution in [0.2, 0.25) is 0 Å². The van der Waals surface area contributed by atoms with Gasteiger partial charge in [0.2, 0.25) is 0 Å². The van der Waals surface area contributed by atoms with Gasteiger partial charge >= 0.3 is 0 Å². The summed E-state index contributed by atoms with van der Waals surface area (Å²) in [4.78, 5) is 0.166. The van der Waals surface area contributed by atoms with Crippen LogP contribution in [-0.4, -0.2) is 15.0 Å². The topological polar surface area (TPSA) is 81.4 Å². The van der Waals surface area contributed by atoms with E-state index in [1.165, 1.54) is 12.1 Å². The summed E-state index contributed by atoms with van der Waals surface area (Å²) in [6.07, 6.45) is 0. The van der Waals surface area contributed by atoms with Crippen LogP contribution in [0.1, 0.15) is 6.92 Å². The zero-order valence-electron chi connectivity index (χ0n) is 11.3. The van der Waals surface area contributed by atoms with E-state index in [0.29, 0.717) is 23.7 Å². The lowest BCUT2D eigenvalue weighted by molar-refractivity contribution is 0.340. The van der Waals surface area contributed by atoms with E-state index in [1.807, 2.05) is 6.92 Å². The largest absolute Gasteiger partial charge is 0.494 e. The minimum absolute atomic E-state index is 0.166. The Morgan fingerprint density at radius 3 is 2.43 bits per heavy atom. The molecule has 0 aliphatic rings. The molecule has 0 heterocycles. The molecule has 5 nitrogen and oxygen atoms in total. The highest BCUT2D eigenvalue weighted by molar-refractivity contribution is 9.10. The van der Waals surface area contributed by atoms with Crippen molar-refractivity contribution in [2.75, 3.05) is 17.1 Å². The molecule has 0 saturated heterocycles. The monoisotopic (exact) mass is 370 g/mol. The number of rotatable bonds is 5. The van der Waals surface area contributed by atoms with Crippen molar-refractivity contribution in [3.05, 3.63) is 46.9 Å². The fourth-order valence-electron chi connectivity index (χ4n) is 1.71. The molecule has 0 atom stereocenters. The highest BCUT2D eigenvalue weighted by Gasteiger charge is 2.15. The third kappa shape index (κ3) is 3.89. The first-order valence-corrected chi connectivity index (χ1v) is 8.50. The van der Waals surface area contributed by atoms with E-state index >= 15 is 0 Å². The van der Waals surface area contributed by atoms with Crippen molar-refractivity contribution in [2.24, 2.45) is 0 Å². The number of nitrogens with one attached hydrogen (secondary N) is 1. The van der Waals surface area contributed by atoms with Gasteiger partial charge in [0.15, 0.2) is 0 Å². The van der Waals surface area contributed by atoms with E-state index in [9.17, 15) is 8.42 Å². The highest BCUT2D eigenvalue weighted by atomic mass is 79.9. The number of nitrogens with two attached hydrogens (primary N) is 1. The molecular formula is C14H15BrN2O3S. The molecule has 0 aliphatic heterocycles. The Morgan fingerprint density at radius 1 is 1.19 bits per heavy atom. The van der Waals surface area contributed by atoms with Crippen LogP contribution < -0.4 is 15.2 Å². The lowest BCUT2D eigenvalue weighted by Crippen LogP contribution is -2.14. The Bertz CT molecular complexity index is 730. The summed E-state index contributed by atoms with van der Waals surface area (Å²) < 4.78 is 33.1. The Morgan fingerprint density at radius 2 is 1.86 bits per heavy atom. The molecular weight excluding hydrogens is 356 g/mol. The number of ether oxygens (including phenoxy) is 1. The summed E-state index contributed by atoms with van der Waals surface area (Å²) in [5.74, 6) is 0.599. The smallest absolute Gasteiger partial charge is 0.261 e. The number of halogens is 1. The molecule has 0 radical (unpaired) electrons. The molecule has 0 bridgehead atoms. The van der Waals surface area contributed by atoms with Gasteiger partial charge in [-0.2, -0.15) is 0 Å². The van der Waals surface area contributed by atoms with Crippen LogP contribution in [0.25, 0.3) is 0 Å². The van der Waals surface area contributed by atoms with Crippen molar-refractivity contribution in [3.63, 3.8) is 0 Å². The third-order valence-corrected chi connectivity index (χ3v) is 4.61. The van der Waals surface area contributed by atoms with E-state index in [0.717, 1.165) is 4.47 Å². The summed E-state index contributed by atoms with van der Waals surface area (Å²) in [6, 6.07) is 11.2. The molecule has 0 spiro atoms. The van der Waals surface area contributed by atoms with Crippen LogP contribution in [0.15, 0.2) is 51.8 Å². The second kappa shape index (κ2) is 6.36. The van der Waals surface area contributed by atoms with E-state index in [4.69, 9.17) is 10.5 Å². The van der Waals surface area contributed by atoms with Gasteiger partial charge in [-0.05, 0) is 43.3 Å². The first-order valence-electron chi connectivity index (χ1n) is 6.23. The number of anilines is 2. The van der Waals surface area contributed by atoms with Crippen LogP contribution in [0.3, 0.4) is 0 Å². The molecule has 21 heavy (non-hydrogen) atoms. The molecule has 0 saturated carbocycles.